The minimum Gasteiger partial charge on any atom is -0.355 e. The first kappa shape index (κ1) is 15.4. The zero-order valence-electron chi connectivity index (χ0n) is 12.0. The van der Waals surface area contributed by atoms with Gasteiger partial charge >= 0.3 is 0 Å². The number of nitrogens with zero attached hydrogens (tertiary/aromatic N) is 2. The van der Waals surface area contributed by atoms with Crippen molar-refractivity contribution < 1.29 is 4.79 Å². The van der Waals surface area contributed by atoms with Crippen LogP contribution in [0.1, 0.15) is 20.8 Å². The van der Waals surface area contributed by atoms with Crippen LogP contribution in [0.4, 0.5) is 0 Å². The Bertz CT molecular complexity index is 249. The SMILES string of the molecule is CC(C)CNC(=O)CN1CCN(C(C)CN)CC1. The molecule has 5 heteroatoms. The number of nitrogens with one attached hydrogen (secondary N) is 1. The van der Waals surface area contributed by atoms with Crippen LogP contribution >= 0.6 is 0 Å². The van der Waals surface area contributed by atoms with Gasteiger partial charge < -0.3 is 11.1 Å². The van der Waals surface area contributed by atoms with Gasteiger partial charge in [-0.05, 0) is 12.8 Å². The summed E-state index contributed by atoms with van der Waals surface area (Å²) in [6.07, 6.45) is 0. The van der Waals surface area contributed by atoms with Crippen LogP contribution in [-0.2, 0) is 4.79 Å². The molecule has 0 aromatic carbocycles. The third-order valence-electron chi connectivity index (χ3n) is 3.45. The molecule has 0 aromatic rings. The first-order chi connectivity index (χ1) is 8.52. The molecule has 18 heavy (non-hydrogen) atoms. The standard InChI is InChI=1S/C13H28N4O/c1-11(2)9-15-13(18)10-16-4-6-17(7-5-16)12(3)8-14/h11-12H,4-10,14H2,1-3H3,(H,15,18). The highest BCUT2D eigenvalue weighted by molar-refractivity contribution is 5.78. The highest BCUT2D eigenvalue weighted by Crippen LogP contribution is 2.05. The lowest BCUT2D eigenvalue weighted by Crippen LogP contribution is -2.53. The number of rotatable bonds is 6. The Balaban J connectivity index is 2.21. The van der Waals surface area contributed by atoms with E-state index in [1.807, 2.05) is 0 Å². The smallest absolute Gasteiger partial charge is 0.234 e. The predicted molar refractivity (Wildman–Crippen MR) is 74.4 cm³/mol. The van der Waals surface area contributed by atoms with Crippen LogP contribution < -0.4 is 11.1 Å². The van der Waals surface area contributed by atoms with Crippen molar-refractivity contribution in [3.8, 4) is 0 Å². The van der Waals surface area contributed by atoms with E-state index < -0.39 is 0 Å². The van der Waals surface area contributed by atoms with Gasteiger partial charge in [0.05, 0.1) is 6.54 Å². The normalized spacial score (nSPS) is 20.1. The predicted octanol–water partition coefficient (Wildman–Crippen LogP) is -0.277. The molecule has 0 aromatic heterocycles. The molecule has 106 valence electrons. The highest BCUT2D eigenvalue weighted by atomic mass is 16.2. The molecule has 1 aliphatic rings. The number of piperazine rings is 1. The first-order valence-corrected chi connectivity index (χ1v) is 6.96. The van der Waals surface area contributed by atoms with Crippen LogP contribution in [-0.4, -0.2) is 67.6 Å². The second kappa shape index (κ2) is 7.71. The second-order valence-corrected chi connectivity index (χ2v) is 5.59. The van der Waals surface area contributed by atoms with Crippen LogP contribution in [0, 0.1) is 5.92 Å². The Morgan fingerprint density at radius 1 is 1.22 bits per heavy atom. The summed E-state index contributed by atoms with van der Waals surface area (Å²) in [7, 11) is 0. The van der Waals surface area contributed by atoms with Gasteiger partial charge in [0.15, 0.2) is 0 Å². The molecule has 1 aliphatic heterocycles. The van der Waals surface area contributed by atoms with Crippen molar-refractivity contribution in [3.63, 3.8) is 0 Å². The number of hydrogen-bond acceptors (Lipinski definition) is 4. The van der Waals surface area contributed by atoms with Gasteiger partial charge in [0.25, 0.3) is 0 Å². The lowest BCUT2D eigenvalue weighted by atomic mass is 10.2. The lowest BCUT2D eigenvalue weighted by molar-refractivity contribution is -0.122. The summed E-state index contributed by atoms with van der Waals surface area (Å²) in [5, 5.41) is 2.96. The molecular formula is C13H28N4O. The summed E-state index contributed by atoms with van der Waals surface area (Å²) in [5.41, 5.74) is 5.67. The zero-order valence-corrected chi connectivity index (χ0v) is 12.0. The Morgan fingerprint density at radius 3 is 2.33 bits per heavy atom. The third kappa shape index (κ3) is 5.33. The summed E-state index contributed by atoms with van der Waals surface area (Å²) >= 11 is 0. The molecule has 1 saturated heterocycles. The first-order valence-electron chi connectivity index (χ1n) is 6.96. The van der Waals surface area contributed by atoms with Crippen LogP contribution in [0.25, 0.3) is 0 Å². The van der Waals surface area contributed by atoms with E-state index in [9.17, 15) is 4.79 Å². The van der Waals surface area contributed by atoms with Crippen LogP contribution in [0.5, 0.6) is 0 Å². The summed E-state index contributed by atoms with van der Waals surface area (Å²) in [6.45, 7) is 12.3. The molecule has 0 aliphatic carbocycles. The fourth-order valence-corrected chi connectivity index (χ4v) is 2.09. The van der Waals surface area contributed by atoms with Crippen molar-refractivity contribution >= 4 is 5.91 Å². The fraction of sp³-hybridized carbons (Fsp3) is 0.923. The quantitative estimate of drug-likeness (QED) is 0.686. The monoisotopic (exact) mass is 256 g/mol. The minimum absolute atomic E-state index is 0.143. The van der Waals surface area contributed by atoms with E-state index in [-0.39, 0.29) is 5.91 Å². The van der Waals surface area contributed by atoms with Crippen LogP contribution in [0.2, 0.25) is 0 Å². The lowest BCUT2D eigenvalue weighted by Gasteiger charge is -2.37. The van der Waals surface area contributed by atoms with E-state index >= 15 is 0 Å². The molecule has 1 amide bonds. The molecule has 1 unspecified atom stereocenters. The molecule has 0 radical (unpaired) electrons. The molecule has 3 N–H and O–H groups in total. The van der Waals surface area contributed by atoms with Crippen LogP contribution in [0.3, 0.4) is 0 Å². The summed E-state index contributed by atoms with van der Waals surface area (Å²) in [5.74, 6) is 0.653. The van der Waals surface area contributed by atoms with Gasteiger partial charge in [0.1, 0.15) is 0 Å². The average Bonchev–Trinajstić information content (AvgIpc) is 2.36. The third-order valence-corrected chi connectivity index (χ3v) is 3.45. The van der Waals surface area contributed by atoms with E-state index in [1.165, 1.54) is 0 Å². The second-order valence-electron chi connectivity index (χ2n) is 5.59. The maximum Gasteiger partial charge on any atom is 0.234 e. The molecule has 0 spiro atoms. The van der Waals surface area contributed by atoms with Crippen molar-refractivity contribution in [2.24, 2.45) is 11.7 Å². The van der Waals surface area contributed by atoms with Crippen molar-refractivity contribution in [3.05, 3.63) is 0 Å². The van der Waals surface area contributed by atoms with Crippen LogP contribution in [0.15, 0.2) is 0 Å². The summed E-state index contributed by atoms with van der Waals surface area (Å²) < 4.78 is 0. The summed E-state index contributed by atoms with van der Waals surface area (Å²) in [6, 6.07) is 0.446. The van der Waals surface area contributed by atoms with Crippen molar-refractivity contribution in [1.82, 2.24) is 15.1 Å². The van der Waals surface area contributed by atoms with E-state index in [2.05, 4.69) is 35.9 Å². The summed E-state index contributed by atoms with van der Waals surface area (Å²) in [4.78, 5) is 16.3. The van der Waals surface area contributed by atoms with Gasteiger partial charge in [-0.25, -0.2) is 0 Å². The maximum atomic E-state index is 11.7. The van der Waals surface area contributed by atoms with E-state index in [4.69, 9.17) is 5.73 Å². The Kier molecular flexibility index (Phi) is 6.60. The molecule has 1 atom stereocenters. The van der Waals surface area contributed by atoms with Gasteiger partial charge in [-0.1, -0.05) is 13.8 Å². The van der Waals surface area contributed by atoms with Gasteiger partial charge in [-0.3, -0.25) is 14.6 Å². The van der Waals surface area contributed by atoms with Crippen molar-refractivity contribution in [1.29, 1.82) is 0 Å². The number of nitrogens with two attached hydrogens (primary N) is 1. The fourth-order valence-electron chi connectivity index (χ4n) is 2.09. The molecular weight excluding hydrogens is 228 g/mol. The van der Waals surface area contributed by atoms with Gasteiger partial charge in [0.2, 0.25) is 5.91 Å². The van der Waals surface area contributed by atoms with Crippen molar-refractivity contribution in [2.75, 3.05) is 45.8 Å². The molecule has 1 heterocycles. The van der Waals surface area contributed by atoms with Gasteiger partial charge in [0, 0.05) is 45.3 Å². The number of amides is 1. The highest BCUT2D eigenvalue weighted by Gasteiger charge is 2.21. The van der Waals surface area contributed by atoms with E-state index in [0.717, 1.165) is 32.7 Å². The van der Waals surface area contributed by atoms with Crippen molar-refractivity contribution in [2.45, 2.75) is 26.8 Å². The Labute approximate surface area is 111 Å². The molecule has 5 nitrogen and oxygen atoms in total. The molecule has 0 bridgehead atoms. The van der Waals surface area contributed by atoms with Gasteiger partial charge in [-0.15, -0.1) is 0 Å². The number of hydrogen-bond donors (Lipinski definition) is 2. The Morgan fingerprint density at radius 2 is 1.83 bits per heavy atom. The number of carbonyl (C=O) groups is 1. The molecule has 1 fully saturated rings. The number of carbonyl (C=O) groups excluding carboxylic acids is 1. The average molecular weight is 256 g/mol. The minimum atomic E-state index is 0.143. The zero-order chi connectivity index (χ0) is 13.5. The van der Waals surface area contributed by atoms with Gasteiger partial charge in [-0.2, -0.15) is 0 Å². The molecule has 0 saturated carbocycles. The van der Waals surface area contributed by atoms with E-state index in [1.54, 1.807) is 0 Å². The Hall–Kier alpha value is -0.650. The largest absolute Gasteiger partial charge is 0.355 e. The maximum absolute atomic E-state index is 11.7. The van der Waals surface area contributed by atoms with E-state index in [0.29, 0.717) is 25.0 Å². The molecule has 1 rings (SSSR count). The topological polar surface area (TPSA) is 61.6 Å².